The van der Waals surface area contributed by atoms with Crippen molar-refractivity contribution in [3.05, 3.63) is 39.4 Å². The molecule has 1 rings (SSSR count). The number of non-ortho nitro benzene ring substituents is 1. The maximum atomic E-state index is 11.7. The van der Waals surface area contributed by atoms with Crippen molar-refractivity contribution < 1.29 is 9.72 Å². The number of rotatable bonds is 3. The fourth-order valence-corrected chi connectivity index (χ4v) is 1.37. The number of nitrogens with zero attached hydrogens (tertiary/aromatic N) is 2. The van der Waals surface area contributed by atoms with Crippen molar-refractivity contribution in [3.63, 3.8) is 0 Å². The first-order chi connectivity index (χ1) is 8.95. The Morgan fingerprint density at radius 1 is 1.47 bits per heavy atom. The monoisotopic (exact) mass is 261 g/mol. The van der Waals surface area contributed by atoms with Crippen molar-refractivity contribution in [1.29, 1.82) is 0 Å². The van der Waals surface area contributed by atoms with Crippen molar-refractivity contribution in [2.24, 2.45) is 0 Å². The van der Waals surface area contributed by atoms with E-state index in [2.05, 4.69) is 17.2 Å². The Kier molecular flexibility index (Phi) is 5.03. The van der Waals surface area contributed by atoms with Gasteiger partial charge in [0.15, 0.2) is 0 Å². The highest BCUT2D eigenvalue weighted by Crippen LogP contribution is 2.17. The van der Waals surface area contributed by atoms with Gasteiger partial charge in [0, 0.05) is 24.7 Å². The van der Waals surface area contributed by atoms with Crippen LogP contribution in [0.3, 0.4) is 0 Å². The molecule has 0 fully saturated rings. The van der Waals surface area contributed by atoms with Gasteiger partial charge in [-0.15, -0.1) is 0 Å². The first-order valence-corrected chi connectivity index (χ1v) is 5.60. The van der Waals surface area contributed by atoms with Crippen LogP contribution in [-0.2, 0) is 0 Å². The van der Waals surface area contributed by atoms with Crippen molar-refractivity contribution in [3.8, 4) is 11.8 Å². The number of carbonyl (C=O) groups excluding carboxylic acids is 1. The number of nitro groups is 1. The highest BCUT2D eigenvalue weighted by Gasteiger charge is 2.13. The molecule has 0 aromatic heterocycles. The lowest BCUT2D eigenvalue weighted by molar-refractivity contribution is -0.384. The molecule has 0 atom stereocenters. The fourth-order valence-electron chi connectivity index (χ4n) is 1.37. The van der Waals surface area contributed by atoms with E-state index < -0.39 is 4.92 Å². The van der Waals surface area contributed by atoms with Crippen LogP contribution < -0.4 is 5.32 Å². The smallest absolute Gasteiger partial charge is 0.270 e. The third kappa shape index (κ3) is 4.08. The van der Waals surface area contributed by atoms with Crippen molar-refractivity contribution >= 4 is 11.6 Å². The van der Waals surface area contributed by atoms with Crippen LogP contribution in [-0.4, -0.2) is 43.4 Å². The molecule has 1 N–H and O–H groups in total. The van der Waals surface area contributed by atoms with Gasteiger partial charge in [-0.2, -0.15) is 0 Å². The summed E-state index contributed by atoms with van der Waals surface area (Å²) in [5, 5.41) is 13.2. The van der Waals surface area contributed by atoms with E-state index in [1.165, 1.54) is 25.2 Å². The van der Waals surface area contributed by atoms with Gasteiger partial charge in [-0.25, -0.2) is 0 Å². The molecule has 0 bridgehead atoms. The molecule has 0 aliphatic rings. The lowest BCUT2D eigenvalue weighted by Gasteiger charge is -2.04. The second-order valence-electron chi connectivity index (χ2n) is 4.11. The number of carbonyl (C=O) groups is 1. The Hall–Kier alpha value is -2.39. The predicted octanol–water partition coefficient (Wildman–Crippen LogP) is 0.867. The summed E-state index contributed by atoms with van der Waals surface area (Å²) in [6.07, 6.45) is 0. The molecule has 0 heterocycles. The molecule has 6 nitrogen and oxygen atoms in total. The zero-order chi connectivity index (χ0) is 14.4. The summed E-state index contributed by atoms with van der Waals surface area (Å²) < 4.78 is 0. The average Bonchev–Trinajstić information content (AvgIpc) is 2.37. The summed E-state index contributed by atoms with van der Waals surface area (Å²) in [6.45, 7) is 0.510. The van der Waals surface area contributed by atoms with E-state index in [9.17, 15) is 14.9 Å². The Labute approximate surface area is 111 Å². The number of hydrogen-bond acceptors (Lipinski definition) is 4. The van der Waals surface area contributed by atoms with Gasteiger partial charge in [0.1, 0.15) is 0 Å². The van der Waals surface area contributed by atoms with Gasteiger partial charge in [0.05, 0.1) is 17.0 Å². The maximum Gasteiger partial charge on any atom is 0.270 e. The molecule has 0 radical (unpaired) electrons. The normalized spacial score (nSPS) is 9.68. The molecule has 0 saturated carbocycles. The van der Waals surface area contributed by atoms with E-state index in [1.807, 2.05) is 19.0 Å². The maximum absolute atomic E-state index is 11.7. The molecule has 19 heavy (non-hydrogen) atoms. The largest absolute Gasteiger partial charge is 0.355 e. The summed E-state index contributed by atoms with van der Waals surface area (Å²) in [4.78, 5) is 23.7. The number of hydrogen-bond donors (Lipinski definition) is 1. The summed E-state index contributed by atoms with van der Waals surface area (Å²) in [5.74, 6) is 5.34. The van der Waals surface area contributed by atoms with Gasteiger partial charge in [0.2, 0.25) is 0 Å². The summed E-state index contributed by atoms with van der Waals surface area (Å²) in [5.41, 5.74) is 0.608. The Morgan fingerprint density at radius 2 is 2.16 bits per heavy atom. The first kappa shape index (κ1) is 14.7. The van der Waals surface area contributed by atoms with Gasteiger partial charge < -0.3 is 5.32 Å². The van der Waals surface area contributed by atoms with Crippen LogP contribution in [0.2, 0.25) is 0 Å². The minimum atomic E-state index is -0.509. The third-order valence-corrected chi connectivity index (χ3v) is 2.30. The van der Waals surface area contributed by atoms with Gasteiger partial charge in [-0.3, -0.25) is 19.8 Å². The van der Waals surface area contributed by atoms with Crippen LogP contribution in [0.15, 0.2) is 18.2 Å². The van der Waals surface area contributed by atoms with E-state index in [-0.39, 0.29) is 11.6 Å². The highest BCUT2D eigenvalue weighted by atomic mass is 16.6. The SMILES string of the molecule is CNC(=O)c1ccc([N+](=O)[O-])cc1C#CCN(C)C. The summed E-state index contributed by atoms with van der Waals surface area (Å²) >= 11 is 0. The van der Waals surface area contributed by atoms with Gasteiger partial charge in [0.25, 0.3) is 11.6 Å². The molecule has 1 aromatic rings. The quantitative estimate of drug-likeness (QED) is 0.497. The second kappa shape index (κ2) is 6.52. The van der Waals surface area contributed by atoms with Gasteiger partial charge in [-0.1, -0.05) is 11.8 Å². The van der Waals surface area contributed by atoms with Gasteiger partial charge >= 0.3 is 0 Å². The van der Waals surface area contributed by atoms with Crippen LogP contribution in [0.1, 0.15) is 15.9 Å². The van der Waals surface area contributed by atoms with E-state index in [1.54, 1.807) is 0 Å². The standard InChI is InChI=1S/C13H15N3O3/c1-14-13(17)12-7-6-11(16(18)19)9-10(12)5-4-8-15(2)3/h6-7,9H,8H2,1-3H3,(H,14,17). The zero-order valence-electron chi connectivity index (χ0n) is 11.1. The van der Waals surface area contributed by atoms with Gasteiger partial charge in [-0.05, 0) is 20.2 Å². The first-order valence-electron chi connectivity index (χ1n) is 5.60. The van der Waals surface area contributed by atoms with Crippen molar-refractivity contribution in [2.75, 3.05) is 27.7 Å². The highest BCUT2D eigenvalue weighted by molar-refractivity contribution is 5.96. The Morgan fingerprint density at radius 3 is 2.68 bits per heavy atom. The molecule has 1 amide bonds. The minimum Gasteiger partial charge on any atom is -0.355 e. The molecule has 1 aromatic carbocycles. The van der Waals surface area contributed by atoms with Crippen molar-refractivity contribution in [2.45, 2.75) is 0 Å². The lowest BCUT2D eigenvalue weighted by atomic mass is 10.1. The third-order valence-electron chi connectivity index (χ3n) is 2.30. The topological polar surface area (TPSA) is 75.5 Å². The Bertz CT molecular complexity index is 556. The molecule has 0 aliphatic carbocycles. The van der Waals surface area contributed by atoms with Crippen LogP contribution in [0.4, 0.5) is 5.69 Å². The van der Waals surface area contributed by atoms with Crippen LogP contribution in [0.5, 0.6) is 0 Å². The van der Waals surface area contributed by atoms with Crippen LogP contribution >= 0.6 is 0 Å². The van der Waals surface area contributed by atoms with Crippen LogP contribution in [0.25, 0.3) is 0 Å². The lowest BCUT2D eigenvalue weighted by Crippen LogP contribution is -2.19. The van der Waals surface area contributed by atoms with Crippen LogP contribution in [0, 0.1) is 22.0 Å². The fraction of sp³-hybridized carbons (Fsp3) is 0.308. The predicted molar refractivity (Wildman–Crippen MR) is 71.9 cm³/mol. The second-order valence-corrected chi connectivity index (χ2v) is 4.11. The molecule has 6 heteroatoms. The minimum absolute atomic E-state index is 0.0817. The summed E-state index contributed by atoms with van der Waals surface area (Å²) in [6, 6.07) is 4.02. The molecule has 0 spiro atoms. The molecule has 0 saturated heterocycles. The Balaban J connectivity index is 3.20. The molecule has 0 unspecified atom stereocenters. The number of nitro benzene ring substituents is 1. The molecule has 100 valence electrons. The number of benzene rings is 1. The zero-order valence-corrected chi connectivity index (χ0v) is 11.1. The number of nitrogens with one attached hydrogen (secondary N) is 1. The number of amides is 1. The average molecular weight is 261 g/mol. The van der Waals surface area contributed by atoms with E-state index in [0.29, 0.717) is 17.7 Å². The molecular weight excluding hydrogens is 246 g/mol. The van der Waals surface area contributed by atoms with E-state index in [0.717, 1.165) is 0 Å². The van der Waals surface area contributed by atoms with E-state index in [4.69, 9.17) is 0 Å². The molecule has 0 aliphatic heterocycles. The van der Waals surface area contributed by atoms with Crippen molar-refractivity contribution in [1.82, 2.24) is 10.2 Å². The molecular formula is C13H15N3O3. The van der Waals surface area contributed by atoms with E-state index >= 15 is 0 Å². The summed E-state index contributed by atoms with van der Waals surface area (Å²) in [7, 11) is 5.23.